The molecule has 1 heterocycles. The highest BCUT2D eigenvalue weighted by molar-refractivity contribution is 5.73. The van der Waals surface area contributed by atoms with Crippen molar-refractivity contribution in [2.45, 2.75) is 45.6 Å². The summed E-state index contributed by atoms with van der Waals surface area (Å²) in [4.78, 5) is 13.1. The molecule has 0 bridgehead atoms. The molecule has 1 aliphatic rings. The van der Waals surface area contributed by atoms with Crippen molar-refractivity contribution in [2.75, 3.05) is 26.2 Å². The van der Waals surface area contributed by atoms with Gasteiger partial charge in [0.2, 0.25) is 5.91 Å². The third-order valence-corrected chi connectivity index (χ3v) is 3.75. The zero-order valence-electron chi connectivity index (χ0n) is 11.1. The molecule has 1 fully saturated rings. The van der Waals surface area contributed by atoms with Crippen LogP contribution in [-0.4, -0.2) is 48.2 Å². The third kappa shape index (κ3) is 5.04. The highest BCUT2D eigenvalue weighted by atomic mass is 16.3. The van der Waals surface area contributed by atoms with Gasteiger partial charge in [0.25, 0.3) is 0 Å². The molecule has 1 rings (SSSR count). The minimum atomic E-state index is 0.190. The van der Waals surface area contributed by atoms with Crippen molar-refractivity contribution in [3.63, 3.8) is 0 Å². The van der Waals surface area contributed by atoms with Crippen LogP contribution in [-0.2, 0) is 4.79 Å². The summed E-state index contributed by atoms with van der Waals surface area (Å²) in [6.07, 6.45) is 4.10. The smallest absolute Gasteiger partial charge is 0.219 e. The molecular weight excluding hydrogens is 216 g/mol. The van der Waals surface area contributed by atoms with Gasteiger partial charge in [-0.25, -0.2) is 0 Å². The van der Waals surface area contributed by atoms with Crippen molar-refractivity contribution in [2.24, 2.45) is 5.92 Å². The third-order valence-electron chi connectivity index (χ3n) is 3.75. The maximum atomic E-state index is 11.2. The van der Waals surface area contributed by atoms with E-state index in [-0.39, 0.29) is 12.5 Å². The molecule has 1 unspecified atom stereocenters. The van der Waals surface area contributed by atoms with Crippen LogP contribution in [0.5, 0.6) is 0 Å². The zero-order chi connectivity index (χ0) is 12.7. The van der Waals surface area contributed by atoms with Crippen molar-refractivity contribution in [1.82, 2.24) is 10.2 Å². The van der Waals surface area contributed by atoms with Gasteiger partial charge in [0.1, 0.15) is 0 Å². The highest BCUT2D eigenvalue weighted by Crippen LogP contribution is 2.12. The summed E-state index contributed by atoms with van der Waals surface area (Å²) in [5.74, 6) is 0.765. The summed E-state index contributed by atoms with van der Waals surface area (Å²) in [6, 6.07) is 0.540. The molecule has 1 saturated heterocycles. The van der Waals surface area contributed by atoms with Gasteiger partial charge in [0, 0.05) is 32.7 Å². The first-order chi connectivity index (χ1) is 8.17. The minimum Gasteiger partial charge on any atom is -0.396 e. The normalized spacial score (nSPS) is 19.4. The van der Waals surface area contributed by atoms with E-state index in [2.05, 4.69) is 12.2 Å². The Labute approximate surface area is 104 Å². The number of hydrogen-bond acceptors (Lipinski definition) is 3. The van der Waals surface area contributed by atoms with Crippen molar-refractivity contribution >= 4 is 5.91 Å². The van der Waals surface area contributed by atoms with Crippen LogP contribution in [0.4, 0.5) is 0 Å². The second-order valence-corrected chi connectivity index (χ2v) is 4.98. The molecule has 0 saturated carbocycles. The van der Waals surface area contributed by atoms with E-state index < -0.39 is 0 Å². The molecular formula is C13H26N2O2. The van der Waals surface area contributed by atoms with E-state index >= 15 is 0 Å². The average Bonchev–Trinajstić information content (AvgIpc) is 2.35. The number of nitrogens with one attached hydrogen (secondary N) is 1. The van der Waals surface area contributed by atoms with Crippen LogP contribution in [0.1, 0.15) is 39.5 Å². The Bertz CT molecular complexity index is 225. The van der Waals surface area contributed by atoms with Gasteiger partial charge in [0.15, 0.2) is 0 Å². The van der Waals surface area contributed by atoms with Gasteiger partial charge in [-0.1, -0.05) is 13.3 Å². The molecule has 0 aromatic carbocycles. The Balaban J connectivity index is 2.19. The average molecular weight is 242 g/mol. The van der Waals surface area contributed by atoms with E-state index in [1.165, 1.54) is 0 Å². The van der Waals surface area contributed by atoms with Crippen LogP contribution in [0.25, 0.3) is 0 Å². The fraction of sp³-hybridized carbons (Fsp3) is 0.923. The number of aliphatic hydroxyl groups is 1. The van der Waals surface area contributed by atoms with Crippen LogP contribution in [0, 0.1) is 5.92 Å². The summed E-state index contributed by atoms with van der Waals surface area (Å²) < 4.78 is 0. The van der Waals surface area contributed by atoms with Gasteiger partial charge >= 0.3 is 0 Å². The quantitative estimate of drug-likeness (QED) is 0.730. The van der Waals surface area contributed by atoms with Crippen LogP contribution < -0.4 is 5.32 Å². The van der Waals surface area contributed by atoms with Crippen LogP contribution in [0.2, 0.25) is 0 Å². The SMILES string of the molecule is CCC(CCO)CNC1CCN(C(C)=O)CC1. The van der Waals surface area contributed by atoms with Gasteiger partial charge in [-0.3, -0.25) is 4.79 Å². The maximum Gasteiger partial charge on any atom is 0.219 e. The first kappa shape index (κ1) is 14.5. The molecule has 0 aliphatic carbocycles. The number of nitrogens with zero attached hydrogens (tertiary/aromatic N) is 1. The molecule has 100 valence electrons. The molecule has 1 aliphatic heterocycles. The summed E-state index contributed by atoms with van der Waals surface area (Å²) >= 11 is 0. The fourth-order valence-corrected chi connectivity index (χ4v) is 2.36. The predicted molar refractivity (Wildman–Crippen MR) is 68.8 cm³/mol. The monoisotopic (exact) mass is 242 g/mol. The van der Waals surface area contributed by atoms with Crippen LogP contribution >= 0.6 is 0 Å². The van der Waals surface area contributed by atoms with Crippen LogP contribution in [0.3, 0.4) is 0 Å². The molecule has 0 spiro atoms. The lowest BCUT2D eigenvalue weighted by Gasteiger charge is -2.32. The summed E-state index contributed by atoms with van der Waals surface area (Å²) in [5.41, 5.74) is 0. The molecule has 1 amide bonds. The van der Waals surface area contributed by atoms with Gasteiger partial charge in [-0.2, -0.15) is 0 Å². The molecule has 4 heteroatoms. The number of carbonyl (C=O) groups excluding carboxylic acids is 1. The molecule has 1 atom stereocenters. The zero-order valence-corrected chi connectivity index (χ0v) is 11.1. The van der Waals surface area contributed by atoms with Crippen molar-refractivity contribution in [3.05, 3.63) is 0 Å². The number of rotatable bonds is 6. The second-order valence-electron chi connectivity index (χ2n) is 4.98. The van der Waals surface area contributed by atoms with Crippen molar-refractivity contribution in [3.8, 4) is 0 Å². The Morgan fingerprint density at radius 2 is 2.12 bits per heavy atom. The molecule has 17 heavy (non-hydrogen) atoms. The Morgan fingerprint density at radius 3 is 2.59 bits per heavy atom. The van der Waals surface area contributed by atoms with Gasteiger partial charge in [-0.05, 0) is 31.7 Å². The van der Waals surface area contributed by atoms with Crippen molar-refractivity contribution < 1.29 is 9.90 Å². The summed E-state index contributed by atoms with van der Waals surface area (Å²) in [7, 11) is 0. The fourth-order valence-electron chi connectivity index (χ4n) is 2.36. The van der Waals surface area contributed by atoms with Crippen LogP contribution in [0.15, 0.2) is 0 Å². The molecule has 4 nitrogen and oxygen atoms in total. The number of carbonyl (C=O) groups is 1. The van der Waals surface area contributed by atoms with E-state index in [1.54, 1.807) is 6.92 Å². The van der Waals surface area contributed by atoms with E-state index in [9.17, 15) is 4.79 Å². The van der Waals surface area contributed by atoms with Gasteiger partial charge in [-0.15, -0.1) is 0 Å². The molecule has 2 N–H and O–H groups in total. The minimum absolute atomic E-state index is 0.190. The molecule has 0 aromatic heterocycles. The maximum absolute atomic E-state index is 11.2. The van der Waals surface area contributed by atoms with Crippen molar-refractivity contribution in [1.29, 1.82) is 0 Å². The molecule has 0 radical (unpaired) electrons. The summed E-state index contributed by atoms with van der Waals surface area (Å²) in [6.45, 7) is 6.83. The Morgan fingerprint density at radius 1 is 1.47 bits per heavy atom. The lowest BCUT2D eigenvalue weighted by atomic mass is 10.00. The van der Waals surface area contributed by atoms with E-state index in [0.717, 1.165) is 45.3 Å². The van der Waals surface area contributed by atoms with E-state index in [0.29, 0.717) is 12.0 Å². The molecule has 0 aromatic rings. The lowest BCUT2D eigenvalue weighted by molar-refractivity contribution is -0.129. The van der Waals surface area contributed by atoms with E-state index in [1.807, 2.05) is 4.90 Å². The Kier molecular flexibility index (Phi) is 6.52. The highest BCUT2D eigenvalue weighted by Gasteiger charge is 2.20. The first-order valence-corrected chi connectivity index (χ1v) is 6.77. The van der Waals surface area contributed by atoms with Gasteiger partial charge < -0.3 is 15.3 Å². The number of amides is 1. The topological polar surface area (TPSA) is 52.6 Å². The number of aliphatic hydroxyl groups excluding tert-OH is 1. The Hall–Kier alpha value is -0.610. The lowest BCUT2D eigenvalue weighted by Crippen LogP contribution is -2.45. The number of hydrogen-bond donors (Lipinski definition) is 2. The summed E-state index contributed by atoms with van der Waals surface area (Å²) in [5, 5.41) is 12.5. The standard InChI is InChI=1S/C13H26N2O2/c1-3-12(6-9-16)10-14-13-4-7-15(8-5-13)11(2)17/h12-14,16H,3-10H2,1-2H3. The van der Waals surface area contributed by atoms with Gasteiger partial charge in [0.05, 0.1) is 0 Å². The number of likely N-dealkylation sites (tertiary alicyclic amines) is 1. The number of piperidine rings is 1. The predicted octanol–water partition coefficient (Wildman–Crippen LogP) is 0.995. The van der Waals surface area contributed by atoms with E-state index in [4.69, 9.17) is 5.11 Å². The second kappa shape index (κ2) is 7.67. The largest absolute Gasteiger partial charge is 0.396 e. The first-order valence-electron chi connectivity index (χ1n) is 6.77.